The van der Waals surface area contributed by atoms with Crippen LogP contribution < -0.4 is 15.5 Å². The van der Waals surface area contributed by atoms with Crippen molar-refractivity contribution < 1.29 is 0 Å². The highest BCUT2D eigenvalue weighted by molar-refractivity contribution is 7.14. The zero-order valence-corrected chi connectivity index (χ0v) is 17.5. The molecular formula is C20H31N7S. The minimum atomic E-state index is 0.478. The highest BCUT2D eigenvalue weighted by atomic mass is 32.1. The standard InChI is InChI=1S/C20H31N7S/c1-21-20(23-16-9-13-26(14-10-16)19-7-5-15-28-19)22-11-8-18-25-24-17-6-3-2-4-12-27(17)18/h5,7,15-16H,2-4,6,8-14H2,1H3,(H2,21,22,23). The molecule has 2 N–H and O–H groups in total. The minimum Gasteiger partial charge on any atom is -0.363 e. The molecule has 0 radical (unpaired) electrons. The number of fused-ring (bicyclic) bond motifs is 1. The van der Waals surface area contributed by atoms with Crippen LogP contribution in [0.2, 0.25) is 0 Å². The topological polar surface area (TPSA) is 70.4 Å². The van der Waals surface area contributed by atoms with E-state index >= 15 is 0 Å². The molecule has 0 atom stereocenters. The number of thiophene rings is 1. The van der Waals surface area contributed by atoms with E-state index in [-0.39, 0.29) is 0 Å². The lowest BCUT2D eigenvalue weighted by molar-refractivity contribution is 0.462. The van der Waals surface area contributed by atoms with E-state index in [9.17, 15) is 0 Å². The SMILES string of the molecule is CN=C(NCCc1nnc2n1CCCCC2)NC1CCN(c2cccs2)CC1. The van der Waals surface area contributed by atoms with Crippen molar-refractivity contribution in [1.29, 1.82) is 0 Å². The number of piperidine rings is 1. The molecule has 2 aliphatic rings. The van der Waals surface area contributed by atoms with Gasteiger partial charge in [-0.3, -0.25) is 4.99 Å². The normalized spacial score (nSPS) is 18.6. The summed E-state index contributed by atoms with van der Waals surface area (Å²) in [6, 6.07) is 4.82. The molecule has 28 heavy (non-hydrogen) atoms. The van der Waals surface area contributed by atoms with Crippen LogP contribution in [-0.2, 0) is 19.4 Å². The van der Waals surface area contributed by atoms with Gasteiger partial charge in [0.1, 0.15) is 11.6 Å². The third-order valence-electron chi connectivity index (χ3n) is 5.70. The molecule has 4 heterocycles. The predicted octanol–water partition coefficient (Wildman–Crippen LogP) is 2.44. The lowest BCUT2D eigenvalue weighted by Gasteiger charge is -2.33. The summed E-state index contributed by atoms with van der Waals surface area (Å²) in [5, 5.41) is 19.4. The number of anilines is 1. The Kier molecular flexibility index (Phi) is 6.46. The average molecular weight is 402 g/mol. The molecule has 2 aromatic heterocycles. The smallest absolute Gasteiger partial charge is 0.191 e. The number of aromatic nitrogens is 3. The van der Waals surface area contributed by atoms with Gasteiger partial charge in [0.15, 0.2) is 5.96 Å². The number of aryl methyl sites for hydroxylation is 1. The van der Waals surface area contributed by atoms with Gasteiger partial charge in [-0.25, -0.2) is 0 Å². The molecule has 0 aromatic carbocycles. The van der Waals surface area contributed by atoms with Gasteiger partial charge in [-0.05, 0) is 43.2 Å². The van der Waals surface area contributed by atoms with Gasteiger partial charge >= 0.3 is 0 Å². The highest BCUT2D eigenvalue weighted by Gasteiger charge is 2.21. The number of nitrogens with one attached hydrogen (secondary N) is 2. The first-order valence-electron chi connectivity index (χ1n) is 10.5. The number of aliphatic imine (C=N–C) groups is 1. The van der Waals surface area contributed by atoms with Crippen molar-refractivity contribution in [2.45, 2.75) is 57.5 Å². The molecule has 0 bridgehead atoms. The average Bonchev–Trinajstić information content (AvgIpc) is 3.33. The molecule has 0 saturated carbocycles. The number of guanidine groups is 1. The van der Waals surface area contributed by atoms with Gasteiger partial charge in [0.05, 0.1) is 5.00 Å². The van der Waals surface area contributed by atoms with Gasteiger partial charge in [0, 0.05) is 52.1 Å². The number of hydrogen-bond acceptors (Lipinski definition) is 5. The minimum absolute atomic E-state index is 0.478. The molecule has 2 aliphatic heterocycles. The maximum absolute atomic E-state index is 4.42. The van der Waals surface area contributed by atoms with Gasteiger partial charge in [-0.1, -0.05) is 6.42 Å². The van der Waals surface area contributed by atoms with E-state index in [1.54, 1.807) is 0 Å². The summed E-state index contributed by atoms with van der Waals surface area (Å²) >= 11 is 1.83. The van der Waals surface area contributed by atoms with Crippen molar-refractivity contribution in [2.75, 3.05) is 31.6 Å². The first kappa shape index (κ1) is 19.2. The second kappa shape index (κ2) is 9.41. The van der Waals surface area contributed by atoms with Gasteiger partial charge in [0.2, 0.25) is 0 Å². The van der Waals surface area contributed by atoms with Crippen molar-refractivity contribution in [3.05, 3.63) is 29.2 Å². The summed E-state index contributed by atoms with van der Waals surface area (Å²) in [5.74, 6) is 3.15. The molecular weight excluding hydrogens is 370 g/mol. The Morgan fingerprint density at radius 2 is 2.11 bits per heavy atom. The molecule has 1 fully saturated rings. The summed E-state index contributed by atoms with van der Waals surface area (Å²) in [6.07, 6.45) is 7.98. The number of rotatable bonds is 5. The van der Waals surface area contributed by atoms with Gasteiger partial charge in [-0.15, -0.1) is 21.5 Å². The van der Waals surface area contributed by atoms with Crippen LogP contribution in [0.4, 0.5) is 5.00 Å². The molecule has 0 spiro atoms. The summed E-state index contributed by atoms with van der Waals surface area (Å²) in [6.45, 7) is 4.08. The second-order valence-corrected chi connectivity index (χ2v) is 8.53. The molecule has 1 saturated heterocycles. The first-order valence-corrected chi connectivity index (χ1v) is 11.4. The quantitative estimate of drug-likeness (QED) is 0.595. The van der Waals surface area contributed by atoms with Crippen LogP contribution in [0.15, 0.2) is 22.5 Å². The molecule has 0 amide bonds. The van der Waals surface area contributed by atoms with E-state index in [1.807, 2.05) is 18.4 Å². The Bertz CT molecular complexity index is 760. The number of nitrogens with zero attached hydrogens (tertiary/aromatic N) is 5. The van der Waals surface area contributed by atoms with Crippen molar-refractivity contribution in [3.63, 3.8) is 0 Å². The predicted molar refractivity (Wildman–Crippen MR) is 115 cm³/mol. The summed E-state index contributed by atoms with van der Waals surface area (Å²) in [4.78, 5) is 6.89. The van der Waals surface area contributed by atoms with E-state index < -0.39 is 0 Å². The largest absolute Gasteiger partial charge is 0.363 e. The Hall–Kier alpha value is -2.09. The van der Waals surface area contributed by atoms with Crippen LogP contribution in [-0.4, -0.2) is 53.4 Å². The molecule has 0 unspecified atom stereocenters. The summed E-state index contributed by atoms with van der Waals surface area (Å²) < 4.78 is 2.32. The molecule has 8 heteroatoms. The number of hydrogen-bond donors (Lipinski definition) is 2. The van der Waals surface area contributed by atoms with E-state index in [0.717, 1.165) is 69.5 Å². The van der Waals surface area contributed by atoms with Crippen LogP contribution in [0.25, 0.3) is 0 Å². The van der Waals surface area contributed by atoms with Crippen LogP contribution >= 0.6 is 11.3 Å². The van der Waals surface area contributed by atoms with E-state index in [2.05, 4.69) is 52.8 Å². The van der Waals surface area contributed by atoms with E-state index in [4.69, 9.17) is 0 Å². The Morgan fingerprint density at radius 3 is 2.89 bits per heavy atom. The molecule has 152 valence electrons. The molecule has 0 aliphatic carbocycles. The third-order valence-corrected chi connectivity index (χ3v) is 6.63. The van der Waals surface area contributed by atoms with E-state index in [0.29, 0.717) is 6.04 Å². The Labute approximate surface area is 171 Å². The Morgan fingerprint density at radius 1 is 1.21 bits per heavy atom. The third kappa shape index (κ3) is 4.66. The van der Waals surface area contributed by atoms with Crippen LogP contribution in [0.5, 0.6) is 0 Å². The van der Waals surface area contributed by atoms with Crippen molar-refractivity contribution in [1.82, 2.24) is 25.4 Å². The van der Waals surface area contributed by atoms with Gasteiger partial charge in [-0.2, -0.15) is 0 Å². The van der Waals surface area contributed by atoms with Gasteiger partial charge < -0.3 is 20.1 Å². The monoisotopic (exact) mass is 401 g/mol. The fourth-order valence-corrected chi connectivity index (χ4v) is 4.89. The molecule has 4 rings (SSSR count). The zero-order chi connectivity index (χ0) is 19.2. The fourth-order valence-electron chi connectivity index (χ4n) is 4.10. The molecule has 7 nitrogen and oxygen atoms in total. The summed E-state index contributed by atoms with van der Waals surface area (Å²) in [5.41, 5.74) is 0. The van der Waals surface area contributed by atoms with Gasteiger partial charge in [0.25, 0.3) is 0 Å². The first-order chi connectivity index (χ1) is 13.8. The van der Waals surface area contributed by atoms with E-state index in [1.165, 1.54) is 24.3 Å². The van der Waals surface area contributed by atoms with Crippen LogP contribution in [0, 0.1) is 0 Å². The Balaban J connectivity index is 1.22. The van der Waals surface area contributed by atoms with Crippen molar-refractivity contribution >= 4 is 22.3 Å². The zero-order valence-electron chi connectivity index (χ0n) is 16.7. The maximum Gasteiger partial charge on any atom is 0.191 e. The van der Waals surface area contributed by atoms with Crippen LogP contribution in [0.1, 0.15) is 43.8 Å². The lowest BCUT2D eigenvalue weighted by Crippen LogP contribution is -2.49. The fraction of sp³-hybridized carbons (Fsp3) is 0.650. The molecule has 2 aromatic rings. The summed E-state index contributed by atoms with van der Waals surface area (Å²) in [7, 11) is 1.85. The second-order valence-electron chi connectivity index (χ2n) is 7.60. The highest BCUT2D eigenvalue weighted by Crippen LogP contribution is 2.24. The van der Waals surface area contributed by atoms with Crippen LogP contribution in [0.3, 0.4) is 0 Å². The lowest BCUT2D eigenvalue weighted by atomic mass is 10.1. The maximum atomic E-state index is 4.42. The van der Waals surface area contributed by atoms with Crippen molar-refractivity contribution in [3.8, 4) is 0 Å². The van der Waals surface area contributed by atoms with Crippen molar-refractivity contribution in [2.24, 2.45) is 4.99 Å².